The molecule has 1 amide bonds. The van der Waals surface area contributed by atoms with Crippen molar-refractivity contribution in [2.24, 2.45) is 0 Å². The fourth-order valence-electron chi connectivity index (χ4n) is 2.99. The fraction of sp³-hybridized carbons (Fsp3) is 0.143. The van der Waals surface area contributed by atoms with Crippen LogP contribution in [0.3, 0.4) is 0 Å². The minimum atomic E-state index is -1.80. The van der Waals surface area contributed by atoms with Crippen LogP contribution < -0.4 is 4.90 Å². The topological polar surface area (TPSA) is 57.6 Å². The molecule has 1 heterocycles. The molecule has 4 heteroatoms. The summed E-state index contributed by atoms with van der Waals surface area (Å²) in [7, 11) is 1.60. The second kappa shape index (κ2) is 6.87. The van der Waals surface area contributed by atoms with Crippen LogP contribution in [0, 0.1) is 0 Å². The Bertz CT molecular complexity index is 854. The monoisotopic (exact) mass is 333 g/mol. The van der Waals surface area contributed by atoms with Gasteiger partial charge in [-0.3, -0.25) is 9.59 Å². The SMILES string of the molecule is CN1C(=O)[C@](O)(CC(=O)/C=C/C=C\c2ccccc2)c2ccccc21. The molecule has 2 aromatic carbocycles. The van der Waals surface area contributed by atoms with Gasteiger partial charge in [0.15, 0.2) is 11.4 Å². The largest absolute Gasteiger partial charge is 0.375 e. The van der Waals surface area contributed by atoms with E-state index in [9.17, 15) is 14.7 Å². The molecule has 0 bridgehead atoms. The van der Waals surface area contributed by atoms with Gasteiger partial charge in [0.2, 0.25) is 0 Å². The predicted octanol–water partition coefficient (Wildman–Crippen LogP) is 3.08. The fourth-order valence-corrected chi connectivity index (χ4v) is 2.99. The summed E-state index contributed by atoms with van der Waals surface area (Å²) >= 11 is 0. The summed E-state index contributed by atoms with van der Waals surface area (Å²) in [5.74, 6) is -0.783. The minimum absolute atomic E-state index is 0.275. The Morgan fingerprint density at radius 2 is 1.76 bits per heavy atom. The molecule has 4 nitrogen and oxygen atoms in total. The van der Waals surface area contributed by atoms with E-state index in [4.69, 9.17) is 0 Å². The number of ketones is 1. The molecule has 3 rings (SSSR count). The molecular formula is C21H19NO3. The van der Waals surface area contributed by atoms with Gasteiger partial charge in [-0.2, -0.15) is 0 Å². The van der Waals surface area contributed by atoms with E-state index in [0.29, 0.717) is 11.3 Å². The highest BCUT2D eigenvalue weighted by atomic mass is 16.3. The Morgan fingerprint density at radius 1 is 1.08 bits per heavy atom. The van der Waals surface area contributed by atoms with Crippen molar-refractivity contribution in [2.75, 3.05) is 11.9 Å². The molecule has 0 saturated carbocycles. The summed E-state index contributed by atoms with van der Waals surface area (Å²) in [6.07, 6.45) is 6.36. The maximum atomic E-state index is 12.4. The molecule has 0 aromatic heterocycles. The Morgan fingerprint density at radius 3 is 2.52 bits per heavy atom. The molecule has 1 N–H and O–H groups in total. The van der Waals surface area contributed by atoms with Gasteiger partial charge in [0, 0.05) is 12.6 Å². The first kappa shape index (κ1) is 16.9. The standard InChI is InChI=1S/C21H19NO3/c1-22-19-14-8-7-13-18(19)21(25,20(22)24)15-17(23)12-6-5-11-16-9-3-2-4-10-16/h2-14,25H,15H2,1H3/b11-5-,12-6+/t21-/m0/s1. The van der Waals surface area contributed by atoms with Crippen LogP contribution in [0.15, 0.2) is 72.8 Å². The van der Waals surface area contributed by atoms with Gasteiger partial charge < -0.3 is 10.0 Å². The number of para-hydroxylation sites is 1. The van der Waals surface area contributed by atoms with E-state index in [0.717, 1.165) is 5.56 Å². The highest BCUT2D eigenvalue weighted by molar-refractivity contribution is 6.09. The zero-order chi connectivity index (χ0) is 17.9. The average molecular weight is 333 g/mol. The number of fused-ring (bicyclic) bond motifs is 1. The van der Waals surface area contributed by atoms with E-state index in [1.807, 2.05) is 36.4 Å². The summed E-state index contributed by atoms with van der Waals surface area (Å²) in [5, 5.41) is 10.8. The average Bonchev–Trinajstić information content (AvgIpc) is 2.82. The summed E-state index contributed by atoms with van der Waals surface area (Å²) in [6, 6.07) is 16.7. The second-order valence-corrected chi connectivity index (χ2v) is 6.01. The molecule has 1 aliphatic rings. The number of aliphatic hydroxyl groups is 1. The molecule has 0 fully saturated rings. The lowest BCUT2D eigenvalue weighted by Crippen LogP contribution is -2.40. The van der Waals surface area contributed by atoms with Gasteiger partial charge >= 0.3 is 0 Å². The number of rotatable bonds is 5. The van der Waals surface area contributed by atoms with Crippen molar-refractivity contribution in [1.82, 2.24) is 0 Å². The van der Waals surface area contributed by atoms with Crippen molar-refractivity contribution in [3.63, 3.8) is 0 Å². The van der Waals surface area contributed by atoms with E-state index in [1.165, 1.54) is 11.0 Å². The summed E-state index contributed by atoms with van der Waals surface area (Å²) in [4.78, 5) is 26.0. The molecule has 1 atom stereocenters. The number of carbonyl (C=O) groups excluding carboxylic acids is 2. The number of likely N-dealkylation sites (N-methyl/N-ethyl adjacent to an activating group) is 1. The van der Waals surface area contributed by atoms with Crippen LogP contribution in [-0.2, 0) is 15.2 Å². The third-order valence-corrected chi connectivity index (χ3v) is 4.28. The van der Waals surface area contributed by atoms with Crippen molar-refractivity contribution in [3.05, 3.63) is 84.0 Å². The van der Waals surface area contributed by atoms with Gasteiger partial charge in [-0.15, -0.1) is 0 Å². The lowest BCUT2D eigenvalue weighted by molar-refractivity contribution is -0.140. The summed E-state index contributed by atoms with van der Waals surface area (Å²) in [6.45, 7) is 0. The Balaban J connectivity index is 1.71. The van der Waals surface area contributed by atoms with Gasteiger partial charge in [-0.1, -0.05) is 66.8 Å². The maximum absolute atomic E-state index is 12.4. The van der Waals surface area contributed by atoms with Crippen molar-refractivity contribution in [3.8, 4) is 0 Å². The lowest BCUT2D eigenvalue weighted by Gasteiger charge is -2.20. The quantitative estimate of drug-likeness (QED) is 0.676. The van der Waals surface area contributed by atoms with E-state index >= 15 is 0 Å². The normalized spacial score (nSPS) is 19.8. The van der Waals surface area contributed by atoms with Crippen LogP contribution >= 0.6 is 0 Å². The van der Waals surface area contributed by atoms with Crippen LogP contribution in [0.1, 0.15) is 17.5 Å². The van der Waals surface area contributed by atoms with Gasteiger partial charge in [0.25, 0.3) is 5.91 Å². The van der Waals surface area contributed by atoms with Gasteiger partial charge in [0.05, 0.1) is 12.1 Å². The minimum Gasteiger partial charge on any atom is -0.375 e. The van der Waals surface area contributed by atoms with Gasteiger partial charge in [-0.25, -0.2) is 0 Å². The lowest BCUT2D eigenvalue weighted by atomic mass is 9.90. The molecule has 2 aromatic rings. The first-order chi connectivity index (χ1) is 12.0. The number of amides is 1. The molecular weight excluding hydrogens is 314 g/mol. The zero-order valence-corrected chi connectivity index (χ0v) is 13.9. The number of anilines is 1. The van der Waals surface area contributed by atoms with Crippen molar-refractivity contribution in [1.29, 1.82) is 0 Å². The van der Waals surface area contributed by atoms with E-state index < -0.39 is 11.5 Å². The molecule has 0 unspecified atom stereocenters. The molecule has 0 spiro atoms. The van der Waals surface area contributed by atoms with Crippen LogP contribution in [0.4, 0.5) is 5.69 Å². The second-order valence-electron chi connectivity index (χ2n) is 6.01. The highest BCUT2D eigenvalue weighted by Gasteiger charge is 2.49. The van der Waals surface area contributed by atoms with Gasteiger partial charge in [0.1, 0.15) is 0 Å². The van der Waals surface area contributed by atoms with E-state index in [2.05, 4.69) is 0 Å². The predicted molar refractivity (Wildman–Crippen MR) is 98.0 cm³/mol. The maximum Gasteiger partial charge on any atom is 0.263 e. The first-order valence-corrected chi connectivity index (χ1v) is 8.05. The molecule has 1 aliphatic heterocycles. The number of hydrogen-bond donors (Lipinski definition) is 1. The first-order valence-electron chi connectivity index (χ1n) is 8.05. The third kappa shape index (κ3) is 3.30. The number of allylic oxidation sites excluding steroid dienone is 3. The van der Waals surface area contributed by atoms with Crippen molar-refractivity contribution >= 4 is 23.5 Å². The molecule has 126 valence electrons. The summed E-state index contributed by atoms with van der Waals surface area (Å²) < 4.78 is 0. The smallest absolute Gasteiger partial charge is 0.263 e. The molecule has 0 radical (unpaired) electrons. The van der Waals surface area contributed by atoms with Crippen LogP contribution in [-0.4, -0.2) is 23.8 Å². The molecule has 0 saturated heterocycles. The van der Waals surface area contributed by atoms with E-state index in [1.54, 1.807) is 43.5 Å². The van der Waals surface area contributed by atoms with E-state index in [-0.39, 0.29) is 12.2 Å². The van der Waals surface area contributed by atoms with Crippen LogP contribution in [0.25, 0.3) is 6.08 Å². The Kier molecular flexibility index (Phi) is 4.63. The zero-order valence-electron chi connectivity index (χ0n) is 13.9. The Labute approximate surface area is 146 Å². The number of nitrogens with zero attached hydrogens (tertiary/aromatic N) is 1. The molecule has 0 aliphatic carbocycles. The number of carbonyl (C=O) groups is 2. The van der Waals surface area contributed by atoms with Crippen LogP contribution in [0.5, 0.6) is 0 Å². The van der Waals surface area contributed by atoms with Crippen molar-refractivity contribution < 1.29 is 14.7 Å². The van der Waals surface area contributed by atoms with Gasteiger partial charge in [-0.05, 0) is 17.7 Å². The van der Waals surface area contributed by atoms with Crippen LogP contribution in [0.2, 0.25) is 0 Å². The third-order valence-electron chi connectivity index (χ3n) is 4.28. The molecule has 25 heavy (non-hydrogen) atoms. The number of benzene rings is 2. The number of hydrogen-bond acceptors (Lipinski definition) is 3. The Hall–Kier alpha value is -2.98. The van der Waals surface area contributed by atoms with Crippen molar-refractivity contribution in [2.45, 2.75) is 12.0 Å². The summed E-state index contributed by atoms with van der Waals surface area (Å²) in [5.41, 5.74) is 0.343. The highest BCUT2D eigenvalue weighted by Crippen LogP contribution is 2.41.